The normalized spacial score (nSPS) is 29.3. The monoisotopic (exact) mass is 636 g/mol. The summed E-state index contributed by atoms with van der Waals surface area (Å²) in [6.07, 6.45) is -10.3. The fourth-order valence-electron chi connectivity index (χ4n) is 5.74. The molecule has 1 spiro atoms. The molecular weight excluding hydrogens is 606 g/mol. The van der Waals surface area contributed by atoms with Gasteiger partial charge in [-0.1, -0.05) is 31.5 Å². The Hall–Kier alpha value is -2.92. The molecule has 13 nitrogen and oxygen atoms in total. The summed E-state index contributed by atoms with van der Waals surface area (Å²) in [5.74, 6) is 0.0491. The molecule has 234 valence electrons. The molecule has 1 fully saturated rings. The first-order valence-electron chi connectivity index (χ1n) is 14.0. The molecule has 0 amide bonds. The summed E-state index contributed by atoms with van der Waals surface area (Å²) in [6, 6.07) is 16.0. The maximum absolute atomic E-state index is 13.1. The van der Waals surface area contributed by atoms with Crippen LogP contribution in [-0.4, -0.2) is 74.7 Å². The Balaban J connectivity index is 0.00000400. The van der Waals surface area contributed by atoms with E-state index in [0.717, 1.165) is 12.8 Å². The topological polar surface area (TPSA) is 204 Å². The van der Waals surface area contributed by atoms with E-state index in [2.05, 4.69) is 0 Å². The molecule has 3 aromatic rings. The minimum Gasteiger partial charge on any atom is -0.746 e. The summed E-state index contributed by atoms with van der Waals surface area (Å²) in [6.45, 7) is 2.51. The minimum atomic E-state index is -5.39. The van der Waals surface area contributed by atoms with Gasteiger partial charge >= 0.3 is 32.7 Å². The summed E-state index contributed by atoms with van der Waals surface area (Å²) in [7, 11) is -5.39. The first kappa shape index (κ1) is 33.4. The van der Waals surface area contributed by atoms with E-state index in [1.165, 1.54) is 18.2 Å². The average Bonchev–Trinajstić information content (AvgIpc) is 3.29. The number of phosphoric acid groups is 1. The van der Waals surface area contributed by atoms with Crippen LogP contribution in [0.3, 0.4) is 0 Å². The predicted octanol–water partition coefficient (Wildman–Crippen LogP) is -1.51. The van der Waals surface area contributed by atoms with Gasteiger partial charge in [0, 0.05) is 28.8 Å². The third-order valence-corrected chi connectivity index (χ3v) is 8.90. The minimum absolute atomic E-state index is 0. The van der Waals surface area contributed by atoms with E-state index in [-0.39, 0.29) is 30.4 Å². The van der Waals surface area contributed by atoms with Crippen LogP contribution in [0.4, 0.5) is 0 Å². The molecular formula is C30H30LiO13P. The van der Waals surface area contributed by atoms with Crippen LogP contribution in [0.2, 0.25) is 0 Å². The zero-order valence-corrected chi connectivity index (χ0v) is 25.2. The van der Waals surface area contributed by atoms with Crippen molar-refractivity contribution in [3.63, 3.8) is 0 Å². The smallest absolute Gasteiger partial charge is 0.746 e. The quantitative estimate of drug-likeness (QED) is 0.0827. The van der Waals surface area contributed by atoms with E-state index >= 15 is 0 Å². The molecule has 45 heavy (non-hydrogen) atoms. The van der Waals surface area contributed by atoms with Gasteiger partial charge in [-0.15, -0.1) is 0 Å². The molecule has 15 heteroatoms. The number of esters is 1. The number of fused-ring (bicyclic) bond motifs is 6. The van der Waals surface area contributed by atoms with Crippen LogP contribution < -0.4 is 37.8 Å². The van der Waals surface area contributed by atoms with Gasteiger partial charge in [0.15, 0.2) is 5.60 Å². The molecule has 1 saturated carbocycles. The molecule has 2 aliphatic heterocycles. The Morgan fingerprint density at radius 1 is 0.844 bits per heavy atom. The van der Waals surface area contributed by atoms with E-state index in [0.29, 0.717) is 40.4 Å². The number of rotatable bonds is 8. The Kier molecular flexibility index (Phi) is 9.44. The van der Waals surface area contributed by atoms with Crippen molar-refractivity contribution in [2.45, 2.75) is 62.0 Å². The third-order valence-electron chi connectivity index (χ3n) is 7.96. The predicted molar refractivity (Wildman–Crippen MR) is 148 cm³/mol. The van der Waals surface area contributed by atoms with Crippen molar-refractivity contribution in [1.29, 1.82) is 0 Å². The van der Waals surface area contributed by atoms with Gasteiger partial charge in [0.2, 0.25) is 0 Å². The van der Waals surface area contributed by atoms with Crippen molar-refractivity contribution in [3.8, 4) is 23.0 Å². The molecule has 3 aliphatic rings. The van der Waals surface area contributed by atoms with Crippen LogP contribution in [0.1, 0.15) is 46.8 Å². The summed E-state index contributed by atoms with van der Waals surface area (Å²) in [4.78, 5) is 25.9. The number of ether oxygens (including phenoxy) is 3. The van der Waals surface area contributed by atoms with Gasteiger partial charge < -0.3 is 53.7 Å². The second-order valence-electron chi connectivity index (χ2n) is 10.8. The van der Waals surface area contributed by atoms with Gasteiger partial charge in [-0.05, 0) is 36.8 Å². The Morgan fingerprint density at radius 3 is 2.07 bits per heavy atom. The second kappa shape index (κ2) is 12.7. The zero-order chi connectivity index (χ0) is 31.4. The van der Waals surface area contributed by atoms with Gasteiger partial charge in [0.1, 0.15) is 59.6 Å². The van der Waals surface area contributed by atoms with E-state index < -0.39 is 56.0 Å². The molecule has 0 bridgehead atoms. The van der Waals surface area contributed by atoms with Gasteiger partial charge in [0.05, 0.1) is 12.2 Å². The summed E-state index contributed by atoms with van der Waals surface area (Å²) in [5, 5.41) is 50.0. The number of hydrogen-bond acceptors (Lipinski definition) is 13. The number of aliphatic hydroxyl groups excluding tert-OH is 5. The van der Waals surface area contributed by atoms with Crippen LogP contribution in [-0.2, 0) is 19.4 Å². The van der Waals surface area contributed by atoms with Crippen LogP contribution in [0.15, 0.2) is 60.7 Å². The van der Waals surface area contributed by atoms with E-state index in [9.17, 15) is 39.8 Å². The Bertz CT molecular complexity index is 1620. The van der Waals surface area contributed by atoms with Gasteiger partial charge in [-0.25, -0.2) is 4.79 Å². The second-order valence-corrected chi connectivity index (χ2v) is 12.1. The van der Waals surface area contributed by atoms with Gasteiger partial charge in [-0.3, -0.25) is 4.57 Å². The molecule has 0 saturated heterocycles. The van der Waals surface area contributed by atoms with Crippen LogP contribution in [0.25, 0.3) is 0 Å². The molecule has 1 aliphatic carbocycles. The number of benzene rings is 3. The van der Waals surface area contributed by atoms with E-state index in [1.54, 1.807) is 42.5 Å². The van der Waals surface area contributed by atoms with Crippen molar-refractivity contribution in [2.75, 3.05) is 6.61 Å². The number of hydrogen-bond donors (Lipinski definition) is 5. The maximum atomic E-state index is 13.1. The molecule has 6 rings (SSSR count). The Labute approximate surface area is 269 Å². The van der Waals surface area contributed by atoms with E-state index in [1.807, 2.05) is 6.92 Å². The number of aliphatic hydroxyl groups is 5. The van der Waals surface area contributed by atoms with Crippen molar-refractivity contribution in [2.24, 2.45) is 0 Å². The number of unbranched alkanes of at least 4 members (excludes halogenated alkanes) is 1. The molecule has 0 radical (unpaired) electrons. The maximum Gasteiger partial charge on any atom is 1.00 e. The molecule has 0 aromatic heterocycles. The SMILES string of the molecule is CCCCOc1ccc2c(c1)Oc1cc(OP(=O)([O-])OC3C(O)C(O)C(O)C(O)C3O)ccc1C21OC(=O)c2ccccc21.[Li+]. The summed E-state index contributed by atoms with van der Waals surface area (Å²) >= 11 is 0. The van der Waals surface area contributed by atoms with Crippen LogP contribution in [0, 0.1) is 0 Å². The standard InChI is InChI=1S/C30H31O13P.Li/c1-2-3-12-39-15-8-10-19-21(13-15)40-22-14-16(9-11-20(22)30(19)18-7-5-4-6-17(18)29(36)41-30)42-44(37,38)43-28-26(34)24(32)23(31)25(33)27(28)35;/h4-11,13-14,23-28,31-35H,2-3,12H2,1H3,(H,37,38);/q;+1/p-1. The zero-order valence-electron chi connectivity index (χ0n) is 24.3. The molecule has 5 N–H and O–H groups in total. The molecule has 6 atom stereocenters. The third kappa shape index (κ3) is 5.79. The summed E-state index contributed by atoms with van der Waals surface area (Å²) in [5.41, 5.74) is 0.388. The number of phosphoric ester groups is 1. The largest absolute Gasteiger partial charge is 1.00 e. The average molecular weight is 636 g/mol. The number of carbonyl (C=O) groups is 1. The van der Waals surface area contributed by atoms with E-state index in [4.69, 9.17) is 23.3 Å². The van der Waals surface area contributed by atoms with Crippen molar-refractivity contribution >= 4 is 13.8 Å². The molecule has 2 heterocycles. The summed E-state index contributed by atoms with van der Waals surface area (Å²) < 4.78 is 40.9. The van der Waals surface area contributed by atoms with Crippen LogP contribution >= 0.6 is 7.82 Å². The van der Waals surface area contributed by atoms with Crippen molar-refractivity contribution < 1.29 is 81.9 Å². The fraction of sp³-hybridized carbons (Fsp3) is 0.367. The van der Waals surface area contributed by atoms with Gasteiger partial charge in [0.25, 0.3) is 0 Å². The Morgan fingerprint density at radius 2 is 1.42 bits per heavy atom. The number of carbonyl (C=O) groups excluding carboxylic acids is 1. The first-order valence-corrected chi connectivity index (χ1v) is 15.4. The molecule has 6 unspecified atom stereocenters. The first-order chi connectivity index (χ1) is 21.0. The van der Waals surface area contributed by atoms with Crippen LogP contribution in [0.5, 0.6) is 23.0 Å². The van der Waals surface area contributed by atoms with Gasteiger partial charge in [-0.2, -0.15) is 0 Å². The fourth-order valence-corrected chi connectivity index (χ4v) is 6.70. The van der Waals surface area contributed by atoms with Crippen molar-refractivity contribution in [1.82, 2.24) is 0 Å². The van der Waals surface area contributed by atoms with Crippen molar-refractivity contribution in [3.05, 3.63) is 82.9 Å². The molecule has 3 aromatic carbocycles.